The lowest BCUT2D eigenvalue weighted by molar-refractivity contribution is -0.143. The number of anilines is 2. The van der Waals surface area contributed by atoms with Gasteiger partial charge in [-0.2, -0.15) is 9.97 Å². The summed E-state index contributed by atoms with van der Waals surface area (Å²) < 4.78 is 20.1. The van der Waals surface area contributed by atoms with Crippen molar-refractivity contribution in [2.24, 2.45) is 11.8 Å². The van der Waals surface area contributed by atoms with Crippen molar-refractivity contribution < 1.29 is 23.8 Å². The highest BCUT2D eigenvalue weighted by molar-refractivity contribution is 6.10. The molecule has 0 saturated heterocycles. The highest BCUT2D eigenvalue weighted by Gasteiger charge is 2.33. The summed E-state index contributed by atoms with van der Waals surface area (Å²) in [6.07, 6.45) is 3.50. The molecule has 3 N–H and O–H groups in total. The van der Waals surface area contributed by atoms with E-state index in [0.29, 0.717) is 29.9 Å². The van der Waals surface area contributed by atoms with E-state index in [1.165, 1.54) is 18.1 Å². The molecule has 170 valence electrons. The van der Waals surface area contributed by atoms with Crippen LogP contribution in [0, 0.1) is 17.7 Å². The average Bonchev–Trinajstić information content (AvgIpc) is 2.78. The van der Waals surface area contributed by atoms with E-state index in [1.54, 1.807) is 19.1 Å². The molecular weight excluding hydrogens is 415 g/mol. The molecule has 0 radical (unpaired) electrons. The van der Waals surface area contributed by atoms with Crippen LogP contribution in [0.1, 0.15) is 60.1 Å². The van der Waals surface area contributed by atoms with Gasteiger partial charge in [-0.05, 0) is 55.2 Å². The van der Waals surface area contributed by atoms with E-state index in [1.807, 2.05) is 0 Å². The summed E-state index contributed by atoms with van der Waals surface area (Å²) in [5, 5.41) is 9.23. The number of aromatic nitrogens is 2. The standard InChI is InChI=1S/C23H27FN4O4/c1-12(22(30)31)13-3-5-14(6-4-13)16-8-7-15(11-17(16)24)28-10-9-18-19(21(28)29)20(25)27-23(26-18)32-2/h7-8,11-14H,3-6,9-10H2,1-2H3,(H,30,31)(H2,25,26,27). The highest BCUT2D eigenvalue weighted by atomic mass is 19.1. The molecule has 1 aliphatic heterocycles. The number of methoxy groups -OCH3 is 1. The zero-order valence-electron chi connectivity index (χ0n) is 18.2. The molecule has 0 spiro atoms. The Morgan fingerprint density at radius 2 is 2.00 bits per heavy atom. The number of carboxylic acids is 1. The molecule has 0 bridgehead atoms. The SMILES string of the molecule is COc1nc(N)c2c(n1)CCN(c1ccc(C3CCC(C(C)C(=O)O)CC3)c(F)c1)C2=O. The number of fused-ring (bicyclic) bond motifs is 1. The second-order valence-electron chi connectivity index (χ2n) is 8.57. The molecule has 1 aliphatic carbocycles. The molecule has 8 nitrogen and oxygen atoms in total. The number of aliphatic carboxylic acids is 1. The van der Waals surface area contributed by atoms with Crippen molar-refractivity contribution in [1.29, 1.82) is 0 Å². The number of ether oxygens (including phenoxy) is 1. The second kappa shape index (κ2) is 8.72. The van der Waals surface area contributed by atoms with Crippen molar-refractivity contribution in [3.05, 3.63) is 40.8 Å². The number of nitrogen functional groups attached to an aromatic ring is 1. The quantitative estimate of drug-likeness (QED) is 0.728. The molecule has 4 rings (SSSR count). The van der Waals surface area contributed by atoms with Gasteiger partial charge in [-0.25, -0.2) is 4.39 Å². The van der Waals surface area contributed by atoms with E-state index < -0.39 is 5.97 Å². The Morgan fingerprint density at radius 3 is 2.62 bits per heavy atom. The maximum atomic E-state index is 15.1. The summed E-state index contributed by atoms with van der Waals surface area (Å²) in [4.78, 5) is 34.0. The lowest BCUT2D eigenvalue weighted by Gasteiger charge is -2.32. The summed E-state index contributed by atoms with van der Waals surface area (Å²) in [6, 6.07) is 5.01. The molecule has 1 atom stereocenters. The Bertz CT molecular complexity index is 1050. The van der Waals surface area contributed by atoms with Gasteiger partial charge in [0.2, 0.25) is 0 Å². The normalized spacial score (nSPS) is 21.7. The van der Waals surface area contributed by atoms with Crippen LogP contribution in [0.3, 0.4) is 0 Å². The van der Waals surface area contributed by atoms with Gasteiger partial charge in [0.05, 0.1) is 18.7 Å². The second-order valence-corrected chi connectivity index (χ2v) is 8.57. The van der Waals surface area contributed by atoms with Crippen LogP contribution in [0.25, 0.3) is 0 Å². The molecule has 1 unspecified atom stereocenters. The van der Waals surface area contributed by atoms with E-state index in [0.717, 1.165) is 25.7 Å². The molecule has 32 heavy (non-hydrogen) atoms. The van der Waals surface area contributed by atoms with Crippen molar-refractivity contribution in [2.45, 2.75) is 44.9 Å². The van der Waals surface area contributed by atoms with Crippen molar-refractivity contribution in [3.63, 3.8) is 0 Å². The predicted octanol–water partition coefficient (Wildman–Crippen LogP) is 3.40. The molecule has 1 saturated carbocycles. The van der Waals surface area contributed by atoms with Crippen molar-refractivity contribution in [3.8, 4) is 6.01 Å². The zero-order valence-corrected chi connectivity index (χ0v) is 18.2. The molecule has 1 aromatic heterocycles. The summed E-state index contributed by atoms with van der Waals surface area (Å²) in [5.41, 5.74) is 7.80. The summed E-state index contributed by atoms with van der Waals surface area (Å²) >= 11 is 0. The van der Waals surface area contributed by atoms with Crippen LogP contribution in [-0.2, 0) is 11.2 Å². The molecule has 2 heterocycles. The number of hydrogen-bond donors (Lipinski definition) is 2. The topological polar surface area (TPSA) is 119 Å². The van der Waals surface area contributed by atoms with Crippen LogP contribution < -0.4 is 15.4 Å². The zero-order chi connectivity index (χ0) is 23.0. The van der Waals surface area contributed by atoms with Gasteiger partial charge in [-0.1, -0.05) is 13.0 Å². The number of carbonyl (C=O) groups excluding carboxylic acids is 1. The largest absolute Gasteiger partial charge is 0.481 e. The third kappa shape index (κ3) is 3.99. The Kier molecular flexibility index (Phi) is 5.99. The fourth-order valence-corrected chi connectivity index (χ4v) is 4.86. The Labute approximate surface area is 185 Å². The van der Waals surface area contributed by atoms with E-state index >= 15 is 4.39 Å². The molecular formula is C23H27FN4O4. The molecule has 1 fully saturated rings. The first-order valence-electron chi connectivity index (χ1n) is 10.8. The molecule has 9 heteroatoms. The number of nitrogens with zero attached hydrogens (tertiary/aromatic N) is 3. The fraction of sp³-hybridized carbons (Fsp3) is 0.478. The van der Waals surface area contributed by atoms with Gasteiger partial charge in [0.15, 0.2) is 0 Å². The Morgan fingerprint density at radius 1 is 1.28 bits per heavy atom. The third-order valence-corrected chi connectivity index (χ3v) is 6.81. The first-order valence-corrected chi connectivity index (χ1v) is 10.8. The Hall–Kier alpha value is -3.23. The van der Waals surface area contributed by atoms with Gasteiger partial charge in [0, 0.05) is 18.7 Å². The maximum Gasteiger partial charge on any atom is 0.318 e. The lowest BCUT2D eigenvalue weighted by atomic mass is 9.74. The smallest absolute Gasteiger partial charge is 0.318 e. The van der Waals surface area contributed by atoms with Crippen LogP contribution in [0.5, 0.6) is 6.01 Å². The predicted molar refractivity (Wildman–Crippen MR) is 116 cm³/mol. The molecule has 1 aromatic carbocycles. The van der Waals surface area contributed by atoms with E-state index in [9.17, 15) is 14.7 Å². The minimum atomic E-state index is -0.777. The van der Waals surface area contributed by atoms with E-state index in [2.05, 4.69) is 9.97 Å². The van der Waals surface area contributed by atoms with E-state index in [-0.39, 0.29) is 46.9 Å². The van der Waals surface area contributed by atoms with Crippen molar-refractivity contribution in [2.75, 3.05) is 24.3 Å². The summed E-state index contributed by atoms with van der Waals surface area (Å²) in [6.45, 7) is 2.09. The van der Waals surface area contributed by atoms with Crippen LogP contribution in [0.15, 0.2) is 18.2 Å². The molecule has 2 aromatic rings. The molecule has 2 aliphatic rings. The number of carboxylic acid groups (broad SMARTS) is 1. The lowest BCUT2D eigenvalue weighted by Crippen LogP contribution is -2.39. The van der Waals surface area contributed by atoms with Crippen LogP contribution in [0.2, 0.25) is 0 Å². The minimum absolute atomic E-state index is 0.0472. The van der Waals surface area contributed by atoms with Gasteiger partial charge in [0.25, 0.3) is 5.91 Å². The van der Waals surface area contributed by atoms with Crippen LogP contribution >= 0.6 is 0 Å². The number of hydrogen-bond acceptors (Lipinski definition) is 6. The third-order valence-electron chi connectivity index (χ3n) is 6.81. The first-order chi connectivity index (χ1) is 15.3. The monoisotopic (exact) mass is 442 g/mol. The Balaban J connectivity index is 1.51. The summed E-state index contributed by atoms with van der Waals surface area (Å²) in [7, 11) is 1.43. The minimum Gasteiger partial charge on any atom is -0.481 e. The van der Waals surface area contributed by atoms with Gasteiger partial charge in [-0.15, -0.1) is 0 Å². The highest BCUT2D eigenvalue weighted by Crippen LogP contribution is 2.40. The van der Waals surface area contributed by atoms with E-state index in [4.69, 9.17) is 10.5 Å². The first kappa shape index (κ1) is 22.0. The fourth-order valence-electron chi connectivity index (χ4n) is 4.86. The van der Waals surface area contributed by atoms with Gasteiger partial charge < -0.3 is 20.5 Å². The number of halogens is 1. The van der Waals surface area contributed by atoms with Gasteiger partial charge in [-0.3, -0.25) is 9.59 Å². The number of carbonyl (C=O) groups is 2. The van der Waals surface area contributed by atoms with Crippen LogP contribution in [-0.4, -0.2) is 40.6 Å². The van der Waals surface area contributed by atoms with Crippen LogP contribution in [0.4, 0.5) is 15.9 Å². The average molecular weight is 442 g/mol. The molecule has 1 amide bonds. The van der Waals surface area contributed by atoms with Crippen molar-refractivity contribution >= 4 is 23.4 Å². The number of amides is 1. The maximum absolute atomic E-state index is 15.1. The number of rotatable bonds is 5. The van der Waals surface area contributed by atoms with Gasteiger partial charge in [0.1, 0.15) is 17.2 Å². The van der Waals surface area contributed by atoms with Gasteiger partial charge >= 0.3 is 12.0 Å². The number of benzene rings is 1. The van der Waals surface area contributed by atoms with Crippen molar-refractivity contribution in [1.82, 2.24) is 9.97 Å². The number of nitrogens with two attached hydrogens (primary N) is 1. The summed E-state index contributed by atoms with van der Waals surface area (Å²) in [5.74, 6) is -1.64.